The Hall–Kier alpha value is -1.52. The normalized spacial score (nSPS) is 27.3. The number of furan rings is 1. The van der Waals surface area contributed by atoms with Gasteiger partial charge in [0.05, 0.1) is 6.26 Å². The van der Waals surface area contributed by atoms with Crippen molar-refractivity contribution in [3.05, 3.63) is 36.1 Å². The second kappa shape index (κ2) is 5.70. The van der Waals surface area contributed by atoms with Crippen LogP contribution in [0.5, 0.6) is 0 Å². The van der Waals surface area contributed by atoms with Crippen molar-refractivity contribution in [2.75, 3.05) is 19.6 Å². The molecule has 2 aliphatic heterocycles. The Bertz CT molecular complexity index is 643. The molecule has 0 aliphatic carbocycles. The lowest BCUT2D eigenvalue weighted by Gasteiger charge is -2.30. The van der Waals surface area contributed by atoms with Crippen molar-refractivity contribution in [1.82, 2.24) is 10.2 Å². The molecule has 2 bridgehead atoms. The van der Waals surface area contributed by atoms with E-state index in [2.05, 4.69) is 10.2 Å². The zero-order valence-corrected chi connectivity index (χ0v) is 12.6. The summed E-state index contributed by atoms with van der Waals surface area (Å²) >= 11 is 0. The van der Waals surface area contributed by atoms with E-state index in [9.17, 15) is 4.79 Å². The van der Waals surface area contributed by atoms with Crippen molar-refractivity contribution in [3.63, 3.8) is 0 Å². The SMILES string of the molecule is Cl.O=C(N[C@@H]1C[C@@H]2CCN(C2)C1)c1ccc2occc2c1. The summed E-state index contributed by atoms with van der Waals surface area (Å²) in [6.07, 6.45) is 4.06. The van der Waals surface area contributed by atoms with Gasteiger partial charge in [0.25, 0.3) is 5.91 Å². The second-order valence-electron chi connectivity index (χ2n) is 5.99. The number of nitrogens with zero attached hydrogens (tertiary/aromatic N) is 1. The molecule has 1 aromatic carbocycles. The van der Waals surface area contributed by atoms with Gasteiger partial charge in [-0.15, -0.1) is 12.4 Å². The van der Waals surface area contributed by atoms with Gasteiger partial charge in [0.2, 0.25) is 0 Å². The number of fused-ring (bicyclic) bond motifs is 3. The van der Waals surface area contributed by atoms with Crippen LogP contribution < -0.4 is 5.32 Å². The molecule has 3 atom stereocenters. The Labute approximate surface area is 129 Å². The van der Waals surface area contributed by atoms with Crippen LogP contribution in [0.15, 0.2) is 34.9 Å². The summed E-state index contributed by atoms with van der Waals surface area (Å²) in [6.45, 7) is 3.40. The van der Waals surface area contributed by atoms with Gasteiger partial charge < -0.3 is 14.6 Å². The topological polar surface area (TPSA) is 45.5 Å². The molecule has 2 aromatic rings. The third-order valence-corrected chi connectivity index (χ3v) is 4.52. The highest BCUT2D eigenvalue weighted by Crippen LogP contribution is 2.27. The Kier molecular flexibility index (Phi) is 3.91. The van der Waals surface area contributed by atoms with Crippen molar-refractivity contribution in [2.24, 2.45) is 5.92 Å². The first-order valence-electron chi connectivity index (χ1n) is 7.28. The monoisotopic (exact) mass is 306 g/mol. The summed E-state index contributed by atoms with van der Waals surface area (Å²) in [7, 11) is 0. The van der Waals surface area contributed by atoms with Crippen LogP contribution in [0.4, 0.5) is 0 Å². The van der Waals surface area contributed by atoms with Gasteiger partial charge in [-0.2, -0.15) is 0 Å². The van der Waals surface area contributed by atoms with E-state index in [1.54, 1.807) is 6.26 Å². The smallest absolute Gasteiger partial charge is 0.251 e. The van der Waals surface area contributed by atoms with Crippen LogP contribution in [-0.4, -0.2) is 36.5 Å². The fourth-order valence-corrected chi connectivity index (χ4v) is 3.54. The maximum atomic E-state index is 12.4. The van der Waals surface area contributed by atoms with E-state index in [-0.39, 0.29) is 18.3 Å². The summed E-state index contributed by atoms with van der Waals surface area (Å²) in [4.78, 5) is 14.8. The number of nitrogens with one attached hydrogen (secondary N) is 1. The number of rotatable bonds is 2. The molecule has 2 saturated heterocycles. The first-order chi connectivity index (χ1) is 9.78. The number of carbonyl (C=O) groups excluding carboxylic acids is 1. The van der Waals surface area contributed by atoms with Crippen LogP contribution in [0.1, 0.15) is 23.2 Å². The Morgan fingerprint density at radius 2 is 2.19 bits per heavy atom. The number of benzene rings is 1. The molecule has 4 nitrogen and oxygen atoms in total. The summed E-state index contributed by atoms with van der Waals surface area (Å²) in [5.74, 6) is 0.797. The van der Waals surface area contributed by atoms with Crippen molar-refractivity contribution in [2.45, 2.75) is 18.9 Å². The van der Waals surface area contributed by atoms with E-state index in [4.69, 9.17) is 4.42 Å². The summed E-state index contributed by atoms with van der Waals surface area (Å²) in [5.41, 5.74) is 1.54. The molecule has 4 rings (SSSR count). The number of hydrogen-bond acceptors (Lipinski definition) is 3. The molecule has 2 aliphatic rings. The minimum atomic E-state index is 0. The summed E-state index contributed by atoms with van der Waals surface area (Å²) in [5, 5.41) is 4.16. The molecule has 1 N–H and O–H groups in total. The predicted molar refractivity (Wildman–Crippen MR) is 83.9 cm³/mol. The Morgan fingerprint density at radius 1 is 1.29 bits per heavy atom. The van der Waals surface area contributed by atoms with E-state index in [0.717, 1.165) is 29.9 Å². The maximum absolute atomic E-state index is 12.4. The number of amides is 1. The van der Waals surface area contributed by atoms with Gasteiger partial charge in [-0.1, -0.05) is 0 Å². The minimum absolute atomic E-state index is 0. The molecule has 0 spiro atoms. The predicted octanol–water partition coefficient (Wildman–Crippen LogP) is 2.68. The number of carbonyl (C=O) groups is 1. The first-order valence-corrected chi connectivity index (χ1v) is 7.28. The first kappa shape index (κ1) is 14.4. The van der Waals surface area contributed by atoms with E-state index in [1.807, 2.05) is 24.3 Å². The van der Waals surface area contributed by atoms with Crippen LogP contribution >= 0.6 is 12.4 Å². The lowest BCUT2D eigenvalue weighted by molar-refractivity contribution is 0.0909. The van der Waals surface area contributed by atoms with Gasteiger partial charge in [0.1, 0.15) is 5.58 Å². The number of hydrogen-bond donors (Lipinski definition) is 1. The molecule has 3 heterocycles. The molecule has 1 amide bonds. The molecule has 1 aromatic heterocycles. The molecular weight excluding hydrogens is 288 g/mol. The van der Waals surface area contributed by atoms with Crippen molar-refractivity contribution < 1.29 is 9.21 Å². The van der Waals surface area contributed by atoms with E-state index in [0.29, 0.717) is 11.6 Å². The van der Waals surface area contributed by atoms with Gasteiger partial charge in [0, 0.05) is 30.1 Å². The van der Waals surface area contributed by atoms with Gasteiger partial charge >= 0.3 is 0 Å². The van der Waals surface area contributed by atoms with Gasteiger partial charge in [0.15, 0.2) is 0 Å². The van der Waals surface area contributed by atoms with Crippen LogP contribution in [0, 0.1) is 5.92 Å². The average molecular weight is 307 g/mol. The maximum Gasteiger partial charge on any atom is 0.251 e. The van der Waals surface area contributed by atoms with Crippen molar-refractivity contribution in [1.29, 1.82) is 0 Å². The molecule has 5 heteroatoms. The molecular formula is C16H19ClN2O2. The highest BCUT2D eigenvalue weighted by atomic mass is 35.5. The summed E-state index contributed by atoms with van der Waals surface area (Å²) in [6, 6.07) is 7.77. The fourth-order valence-electron chi connectivity index (χ4n) is 3.54. The molecule has 0 radical (unpaired) electrons. The molecule has 1 unspecified atom stereocenters. The van der Waals surface area contributed by atoms with Crippen LogP contribution in [0.25, 0.3) is 11.0 Å². The lowest BCUT2D eigenvalue weighted by atomic mass is 9.96. The van der Waals surface area contributed by atoms with Crippen LogP contribution in [0.2, 0.25) is 0 Å². The fraction of sp³-hybridized carbons (Fsp3) is 0.438. The van der Waals surface area contributed by atoms with Gasteiger partial charge in [-0.3, -0.25) is 4.79 Å². The van der Waals surface area contributed by atoms with Crippen LogP contribution in [0.3, 0.4) is 0 Å². The largest absolute Gasteiger partial charge is 0.464 e. The minimum Gasteiger partial charge on any atom is -0.464 e. The zero-order chi connectivity index (χ0) is 13.5. The van der Waals surface area contributed by atoms with Crippen LogP contribution in [-0.2, 0) is 0 Å². The third kappa shape index (κ3) is 2.78. The zero-order valence-electron chi connectivity index (χ0n) is 11.7. The summed E-state index contributed by atoms with van der Waals surface area (Å²) < 4.78 is 5.30. The van der Waals surface area contributed by atoms with E-state index >= 15 is 0 Å². The quantitative estimate of drug-likeness (QED) is 0.928. The highest BCUT2D eigenvalue weighted by molar-refractivity contribution is 5.97. The Balaban J connectivity index is 0.00000132. The second-order valence-corrected chi connectivity index (χ2v) is 5.99. The number of piperidine rings is 1. The van der Waals surface area contributed by atoms with Gasteiger partial charge in [-0.05, 0) is 49.6 Å². The molecule has 0 saturated carbocycles. The molecule has 2 fully saturated rings. The van der Waals surface area contributed by atoms with Crippen molar-refractivity contribution in [3.8, 4) is 0 Å². The molecule has 21 heavy (non-hydrogen) atoms. The highest BCUT2D eigenvalue weighted by Gasteiger charge is 2.32. The average Bonchev–Trinajstić information content (AvgIpc) is 3.04. The Morgan fingerprint density at radius 3 is 3.05 bits per heavy atom. The van der Waals surface area contributed by atoms with E-state index < -0.39 is 0 Å². The third-order valence-electron chi connectivity index (χ3n) is 4.52. The molecule has 112 valence electrons. The number of halogens is 1. The van der Waals surface area contributed by atoms with E-state index in [1.165, 1.54) is 19.5 Å². The van der Waals surface area contributed by atoms with Gasteiger partial charge in [-0.25, -0.2) is 0 Å². The lowest BCUT2D eigenvalue weighted by Crippen LogP contribution is -2.47. The van der Waals surface area contributed by atoms with Crippen molar-refractivity contribution >= 4 is 29.3 Å². The standard InChI is InChI=1S/C16H18N2O2.ClH/c19-16(13-1-2-15-12(8-13)4-6-20-15)17-14-7-11-3-5-18(9-11)10-14;/h1-2,4,6,8,11,14H,3,5,7,9-10H2,(H,17,19);1H/t11-,14+;/m0./s1.